The second kappa shape index (κ2) is 5.36. The van der Waals surface area contributed by atoms with Gasteiger partial charge in [0.2, 0.25) is 5.91 Å². The molecule has 0 spiro atoms. The number of carbonyl (C=O) groups is 1. The second-order valence-corrected chi connectivity index (χ2v) is 5.97. The van der Waals surface area contributed by atoms with Crippen LogP contribution in [-0.4, -0.2) is 36.4 Å². The molecule has 0 aromatic rings. The van der Waals surface area contributed by atoms with Gasteiger partial charge < -0.3 is 15.2 Å². The van der Waals surface area contributed by atoms with Crippen molar-refractivity contribution in [3.63, 3.8) is 0 Å². The number of amides is 1. The van der Waals surface area contributed by atoms with E-state index in [1.165, 1.54) is 0 Å². The number of nitrogens with one attached hydrogen (secondary N) is 1. The Labute approximate surface area is 104 Å². The first-order valence-electron chi connectivity index (χ1n) is 6.32. The molecule has 100 valence electrons. The molecule has 2 N–H and O–H groups in total. The smallest absolute Gasteiger partial charge is 0.226 e. The summed E-state index contributed by atoms with van der Waals surface area (Å²) in [6.07, 6.45) is 0.101. The number of aliphatic hydroxyl groups is 1. The summed E-state index contributed by atoms with van der Waals surface area (Å²) in [7, 11) is 0. The van der Waals surface area contributed by atoms with Gasteiger partial charge in [0.1, 0.15) is 0 Å². The molecule has 1 aliphatic heterocycles. The number of ether oxygens (including phenoxy) is 1. The van der Waals surface area contributed by atoms with E-state index in [-0.39, 0.29) is 42.0 Å². The first kappa shape index (κ1) is 14.5. The van der Waals surface area contributed by atoms with Gasteiger partial charge in [-0.05, 0) is 19.8 Å². The van der Waals surface area contributed by atoms with Gasteiger partial charge in [0.25, 0.3) is 0 Å². The Morgan fingerprint density at radius 1 is 1.29 bits per heavy atom. The van der Waals surface area contributed by atoms with Gasteiger partial charge in [-0.15, -0.1) is 0 Å². The summed E-state index contributed by atoms with van der Waals surface area (Å²) in [6, 6.07) is 0. The summed E-state index contributed by atoms with van der Waals surface area (Å²) < 4.78 is 5.66. The summed E-state index contributed by atoms with van der Waals surface area (Å²) in [4.78, 5) is 12.1. The third-order valence-corrected chi connectivity index (χ3v) is 3.71. The van der Waals surface area contributed by atoms with Gasteiger partial charge in [0.15, 0.2) is 0 Å². The van der Waals surface area contributed by atoms with Crippen molar-refractivity contribution in [2.45, 2.75) is 46.8 Å². The minimum Gasteiger partial charge on any atom is -0.396 e. The fraction of sp³-hybridized carbons (Fsp3) is 0.923. The van der Waals surface area contributed by atoms with Crippen molar-refractivity contribution >= 4 is 5.91 Å². The topological polar surface area (TPSA) is 58.6 Å². The maximum atomic E-state index is 12.1. The van der Waals surface area contributed by atoms with Gasteiger partial charge in [-0.25, -0.2) is 0 Å². The molecule has 1 saturated heterocycles. The largest absolute Gasteiger partial charge is 0.396 e. The van der Waals surface area contributed by atoms with E-state index < -0.39 is 0 Å². The minimum atomic E-state index is -0.271. The molecule has 1 fully saturated rings. The quantitative estimate of drug-likeness (QED) is 0.779. The Bertz CT molecular complexity index is 278. The van der Waals surface area contributed by atoms with Crippen LogP contribution < -0.4 is 5.32 Å². The number of hydrogen-bond acceptors (Lipinski definition) is 3. The van der Waals surface area contributed by atoms with E-state index in [0.717, 1.165) is 0 Å². The zero-order valence-electron chi connectivity index (χ0n) is 11.5. The van der Waals surface area contributed by atoms with Crippen LogP contribution in [0.2, 0.25) is 0 Å². The van der Waals surface area contributed by atoms with Crippen molar-refractivity contribution in [1.82, 2.24) is 5.32 Å². The van der Waals surface area contributed by atoms with E-state index >= 15 is 0 Å². The van der Waals surface area contributed by atoms with Crippen LogP contribution in [0, 0.1) is 17.3 Å². The molecule has 4 unspecified atom stereocenters. The van der Waals surface area contributed by atoms with Crippen molar-refractivity contribution < 1.29 is 14.6 Å². The van der Waals surface area contributed by atoms with E-state index in [9.17, 15) is 4.79 Å². The SMILES string of the molecule is CC1OC(C)C(C(=O)NCC(C)(C)CO)C1C. The molecular formula is C13H25NO3. The van der Waals surface area contributed by atoms with Crippen molar-refractivity contribution in [2.24, 2.45) is 17.3 Å². The Balaban J connectivity index is 2.53. The van der Waals surface area contributed by atoms with Gasteiger partial charge in [-0.2, -0.15) is 0 Å². The Morgan fingerprint density at radius 2 is 1.88 bits per heavy atom. The van der Waals surface area contributed by atoms with E-state index in [2.05, 4.69) is 12.2 Å². The van der Waals surface area contributed by atoms with Crippen LogP contribution in [0.15, 0.2) is 0 Å². The monoisotopic (exact) mass is 243 g/mol. The van der Waals surface area contributed by atoms with Crippen LogP contribution in [0.1, 0.15) is 34.6 Å². The maximum Gasteiger partial charge on any atom is 0.226 e. The molecule has 1 amide bonds. The molecule has 0 aromatic carbocycles. The average molecular weight is 243 g/mol. The summed E-state index contributed by atoms with van der Waals surface area (Å²) in [5.41, 5.74) is -0.271. The molecule has 0 radical (unpaired) electrons. The van der Waals surface area contributed by atoms with Crippen LogP contribution in [0.4, 0.5) is 0 Å². The van der Waals surface area contributed by atoms with Crippen LogP contribution in [-0.2, 0) is 9.53 Å². The molecular weight excluding hydrogens is 218 g/mol. The Morgan fingerprint density at radius 3 is 2.29 bits per heavy atom. The van der Waals surface area contributed by atoms with Gasteiger partial charge in [-0.3, -0.25) is 4.79 Å². The number of rotatable bonds is 4. The highest BCUT2D eigenvalue weighted by atomic mass is 16.5. The predicted octanol–water partition coefficient (Wildman–Crippen LogP) is 1.18. The number of hydrogen-bond donors (Lipinski definition) is 2. The van der Waals surface area contributed by atoms with E-state index in [4.69, 9.17) is 9.84 Å². The highest BCUT2D eigenvalue weighted by molar-refractivity contribution is 5.79. The van der Waals surface area contributed by atoms with Gasteiger partial charge in [-0.1, -0.05) is 20.8 Å². The van der Waals surface area contributed by atoms with Gasteiger partial charge in [0.05, 0.1) is 18.1 Å². The third kappa shape index (κ3) is 3.42. The molecule has 4 heteroatoms. The average Bonchev–Trinajstić information content (AvgIpc) is 2.50. The summed E-state index contributed by atoms with van der Waals surface area (Å²) in [5, 5.41) is 12.1. The van der Waals surface area contributed by atoms with E-state index in [1.54, 1.807) is 0 Å². The molecule has 0 bridgehead atoms. The molecule has 0 saturated carbocycles. The predicted molar refractivity (Wildman–Crippen MR) is 66.5 cm³/mol. The van der Waals surface area contributed by atoms with Crippen molar-refractivity contribution in [3.8, 4) is 0 Å². The van der Waals surface area contributed by atoms with Crippen molar-refractivity contribution in [3.05, 3.63) is 0 Å². The zero-order chi connectivity index (χ0) is 13.2. The standard InChI is InChI=1S/C13H25NO3/c1-8-9(2)17-10(3)11(8)12(16)14-6-13(4,5)7-15/h8-11,15H,6-7H2,1-5H3,(H,14,16). The fourth-order valence-corrected chi connectivity index (χ4v) is 2.22. The molecule has 17 heavy (non-hydrogen) atoms. The maximum absolute atomic E-state index is 12.1. The second-order valence-electron chi connectivity index (χ2n) is 5.97. The molecule has 0 aliphatic carbocycles. The third-order valence-electron chi connectivity index (χ3n) is 3.71. The van der Waals surface area contributed by atoms with E-state index in [1.807, 2.05) is 27.7 Å². The van der Waals surface area contributed by atoms with E-state index in [0.29, 0.717) is 6.54 Å². The normalized spacial score (nSPS) is 33.8. The van der Waals surface area contributed by atoms with Crippen molar-refractivity contribution in [1.29, 1.82) is 0 Å². The first-order valence-corrected chi connectivity index (χ1v) is 6.32. The highest BCUT2D eigenvalue weighted by Crippen LogP contribution is 2.32. The molecule has 1 rings (SSSR count). The highest BCUT2D eigenvalue weighted by Gasteiger charge is 2.41. The van der Waals surface area contributed by atoms with Gasteiger partial charge >= 0.3 is 0 Å². The molecule has 1 aliphatic rings. The van der Waals surface area contributed by atoms with Crippen LogP contribution in [0.5, 0.6) is 0 Å². The lowest BCUT2D eigenvalue weighted by Crippen LogP contribution is -2.42. The van der Waals surface area contributed by atoms with Gasteiger partial charge in [0, 0.05) is 18.6 Å². The molecule has 1 heterocycles. The first-order chi connectivity index (χ1) is 7.78. The number of aliphatic hydroxyl groups excluding tert-OH is 1. The number of carbonyl (C=O) groups excluding carboxylic acids is 1. The van der Waals surface area contributed by atoms with Crippen LogP contribution in [0.25, 0.3) is 0 Å². The lowest BCUT2D eigenvalue weighted by atomic mass is 9.88. The van der Waals surface area contributed by atoms with Crippen molar-refractivity contribution in [2.75, 3.05) is 13.2 Å². The molecule has 4 nitrogen and oxygen atoms in total. The summed E-state index contributed by atoms with van der Waals surface area (Å²) in [6.45, 7) is 10.4. The van der Waals surface area contributed by atoms with Crippen LogP contribution in [0.3, 0.4) is 0 Å². The summed E-state index contributed by atoms with van der Waals surface area (Å²) >= 11 is 0. The zero-order valence-corrected chi connectivity index (χ0v) is 11.5. The lowest BCUT2D eigenvalue weighted by Gasteiger charge is -2.24. The fourth-order valence-electron chi connectivity index (χ4n) is 2.22. The molecule has 4 atom stereocenters. The molecule has 0 aromatic heterocycles. The Hall–Kier alpha value is -0.610. The Kier molecular flexibility index (Phi) is 4.55. The minimum absolute atomic E-state index is 0.0303. The summed E-state index contributed by atoms with van der Waals surface area (Å²) in [5.74, 6) is 0.192. The van der Waals surface area contributed by atoms with Crippen LogP contribution >= 0.6 is 0 Å². The lowest BCUT2D eigenvalue weighted by molar-refractivity contribution is -0.127.